The lowest BCUT2D eigenvalue weighted by Crippen LogP contribution is -2.45. The molecule has 39 heavy (non-hydrogen) atoms. The fourth-order valence-corrected chi connectivity index (χ4v) is 4.12. The molecule has 3 aromatic rings. The van der Waals surface area contributed by atoms with Crippen LogP contribution in [0.25, 0.3) is 0 Å². The molecule has 0 aliphatic carbocycles. The Kier molecular flexibility index (Phi) is 9.53. The van der Waals surface area contributed by atoms with Crippen LogP contribution >= 0.6 is 11.6 Å². The predicted octanol–water partition coefficient (Wildman–Crippen LogP) is 4.52. The van der Waals surface area contributed by atoms with E-state index in [1.165, 1.54) is 24.5 Å². The predicted molar refractivity (Wildman–Crippen MR) is 151 cm³/mol. The number of amides is 1. The molecule has 0 atom stereocenters. The number of carbonyl (C=O) groups excluding carboxylic acids is 1. The van der Waals surface area contributed by atoms with E-state index >= 15 is 0 Å². The Morgan fingerprint density at radius 1 is 1.08 bits per heavy atom. The van der Waals surface area contributed by atoms with E-state index in [0.29, 0.717) is 46.8 Å². The van der Waals surface area contributed by atoms with Gasteiger partial charge in [-0.25, -0.2) is 14.4 Å². The Bertz CT molecular complexity index is 1320. The molecule has 0 spiro atoms. The summed E-state index contributed by atoms with van der Waals surface area (Å²) in [5, 5.41) is 9.06. The number of aromatic nitrogens is 2. The minimum atomic E-state index is -0.509. The lowest BCUT2D eigenvalue weighted by molar-refractivity contribution is -0.111. The van der Waals surface area contributed by atoms with Gasteiger partial charge < -0.3 is 30.3 Å². The number of piperazine rings is 1. The third-order valence-electron chi connectivity index (χ3n) is 6.13. The topological polar surface area (TPSA) is 104 Å². The number of anilines is 5. The van der Waals surface area contributed by atoms with Crippen molar-refractivity contribution in [3.63, 3.8) is 0 Å². The Morgan fingerprint density at radius 3 is 2.51 bits per heavy atom. The molecular weight excluding hydrogens is 525 g/mol. The largest absolute Gasteiger partial charge is 0.494 e. The van der Waals surface area contributed by atoms with Gasteiger partial charge in [-0.3, -0.25) is 9.69 Å². The monoisotopic (exact) mass is 555 g/mol. The first-order chi connectivity index (χ1) is 18.8. The lowest BCUT2D eigenvalue weighted by Gasteiger charge is -2.32. The molecule has 3 N–H and O–H groups in total. The summed E-state index contributed by atoms with van der Waals surface area (Å²) in [5.41, 5.74) is 1.56. The molecule has 10 nitrogen and oxygen atoms in total. The maximum atomic E-state index is 13.5. The van der Waals surface area contributed by atoms with E-state index in [9.17, 15) is 9.18 Å². The number of ether oxygens (including phenoxy) is 2. The standard InChI is InChI=1S/C27H31ClFN7O3/c1-4-27(37)34-22-14-21(23(38-3)15-24(22)39-12-11-36-9-7-35(2)8-10-36)33-26-16-25(30-17-31-26)32-18-5-6-20(29)19(28)13-18/h4-6,13-17H,1,7-12H2,2-3H3,(H,34,37)(H2,30,31,32,33). The van der Waals surface area contributed by atoms with Crippen molar-refractivity contribution in [3.05, 3.63) is 66.2 Å². The van der Waals surface area contributed by atoms with Gasteiger partial charge >= 0.3 is 0 Å². The molecule has 4 rings (SSSR count). The zero-order chi connectivity index (χ0) is 27.8. The summed E-state index contributed by atoms with van der Waals surface area (Å²) in [4.78, 5) is 25.3. The number of nitrogens with one attached hydrogen (secondary N) is 3. The summed E-state index contributed by atoms with van der Waals surface area (Å²) < 4.78 is 25.2. The zero-order valence-electron chi connectivity index (χ0n) is 21.8. The number of benzene rings is 2. The van der Waals surface area contributed by atoms with Crippen LogP contribution in [0.5, 0.6) is 11.5 Å². The lowest BCUT2D eigenvalue weighted by atomic mass is 10.2. The highest BCUT2D eigenvalue weighted by molar-refractivity contribution is 6.31. The number of carbonyl (C=O) groups is 1. The molecule has 206 valence electrons. The number of halogens is 2. The van der Waals surface area contributed by atoms with Crippen molar-refractivity contribution >= 4 is 46.2 Å². The molecule has 1 saturated heterocycles. The molecule has 0 saturated carbocycles. The second-order valence-electron chi connectivity index (χ2n) is 8.90. The molecule has 12 heteroatoms. The van der Waals surface area contributed by atoms with Crippen molar-refractivity contribution in [1.29, 1.82) is 0 Å². The summed E-state index contributed by atoms with van der Waals surface area (Å²) in [6.07, 6.45) is 2.56. The molecule has 1 aromatic heterocycles. The first-order valence-corrected chi connectivity index (χ1v) is 12.7. The van der Waals surface area contributed by atoms with E-state index in [1.807, 2.05) is 0 Å². The average Bonchev–Trinajstić information content (AvgIpc) is 2.93. The Labute approximate surface area is 231 Å². The van der Waals surface area contributed by atoms with E-state index in [-0.39, 0.29) is 10.9 Å². The molecular formula is C27H31ClFN7O3. The third kappa shape index (κ3) is 7.79. The minimum Gasteiger partial charge on any atom is -0.494 e. The molecule has 1 aliphatic heterocycles. The highest BCUT2D eigenvalue weighted by atomic mass is 35.5. The molecule has 2 heterocycles. The molecule has 0 radical (unpaired) electrons. The summed E-state index contributed by atoms with van der Waals surface area (Å²) in [6.45, 7) is 8.76. The Hall–Kier alpha value is -3.93. The van der Waals surface area contributed by atoms with Gasteiger partial charge in [-0.15, -0.1) is 0 Å². The van der Waals surface area contributed by atoms with Crippen LogP contribution in [0.4, 0.5) is 33.1 Å². The molecule has 1 amide bonds. The van der Waals surface area contributed by atoms with Gasteiger partial charge in [0.25, 0.3) is 0 Å². The van der Waals surface area contributed by atoms with Gasteiger partial charge in [0.2, 0.25) is 5.91 Å². The first kappa shape index (κ1) is 28.1. The number of hydrogen-bond donors (Lipinski definition) is 3. The zero-order valence-corrected chi connectivity index (χ0v) is 22.6. The fraction of sp³-hybridized carbons (Fsp3) is 0.296. The van der Waals surface area contributed by atoms with Gasteiger partial charge in [-0.1, -0.05) is 18.2 Å². The second kappa shape index (κ2) is 13.2. The van der Waals surface area contributed by atoms with Crippen LogP contribution in [0, 0.1) is 5.82 Å². The van der Waals surface area contributed by atoms with Gasteiger partial charge in [-0.2, -0.15) is 0 Å². The van der Waals surface area contributed by atoms with Crippen LogP contribution in [0.2, 0.25) is 5.02 Å². The smallest absolute Gasteiger partial charge is 0.247 e. The van der Waals surface area contributed by atoms with Crippen molar-refractivity contribution in [1.82, 2.24) is 19.8 Å². The van der Waals surface area contributed by atoms with Gasteiger partial charge in [0.05, 0.1) is 23.5 Å². The summed E-state index contributed by atoms with van der Waals surface area (Å²) in [5.74, 6) is 0.980. The summed E-state index contributed by atoms with van der Waals surface area (Å²) >= 11 is 5.88. The fourth-order valence-electron chi connectivity index (χ4n) is 3.94. The van der Waals surface area contributed by atoms with Crippen LogP contribution in [-0.2, 0) is 4.79 Å². The van der Waals surface area contributed by atoms with Crippen molar-refractivity contribution in [2.75, 3.05) is 69.4 Å². The Balaban J connectivity index is 1.51. The normalized spacial score (nSPS) is 13.9. The van der Waals surface area contributed by atoms with Crippen molar-refractivity contribution < 1.29 is 18.7 Å². The maximum absolute atomic E-state index is 13.5. The maximum Gasteiger partial charge on any atom is 0.247 e. The van der Waals surface area contributed by atoms with Crippen molar-refractivity contribution in [2.24, 2.45) is 0 Å². The Morgan fingerprint density at radius 2 is 1.82 bits per heavy atom. The quantitative estimate of drug-likeness (QED) is 0.295. The number of likely N-dealkylation sites (N-methyl/N-ethyl adjacent to an activating group) is 1. The third-order valence-corrected chi connectivity index (χ3v) is 6.42. The summed E-state index contributed by atoms with van der Waals surface area (Å²) in [7, 11) is 3.66. The van der Waals surface area contributed by atoms with Gasteiger partial charge in [0, 0.05) is 50.5 Å². The summed E-state index contributed by atoms with van der Waals surface area (Å²) in [6, 6.07) is 9.37. The number of hydrogen-bond acceptors (Lipinski definition) is 9. The van der Waals surface area contributed by atoms with Crippen LogP contribution < -0.4 is 25.4 Å². The van der Waals surface area contributed by atoms with E-state index in [1.54, 1.807) is 31.4 Å². The van der Waals surface area contributed by atoms with E-state index < -0.39 is 5.82 Å². The minimum absolute atomic E-state index is 0.00270. The van der Waals surface area contributed by atoms with E-state index in [2.05, 4.69) is 49.3 Å². The van der Waals surface area contributed by atoms with Gasteiger partial charge in [-0.05, 0) is 37.4 Å². The SMILES string of the molecule is C=CC(=O)Nc1cc(Nc2cc(Nc3ccc(F)c(Cl)c3)ncn2)c(OC)cc1OCCN1CCN(C)CC1. The molecule has 1 aliphatic rings. The second-order valence-corrected chi connectivity index (χ2v) is 9.31. The molecule has 2 aromatic carbocycles. The molecule has 1 fully saturated rings. The van der Waals surface area contributed by atoms with Gasteiger partial charge in [0.1, 0.15) is 41.9 Å². The average molecular weight is 556 g/mol. The first-order valence-electron chi connectivity index (χ1n) is 12.3. The van der Waals surface area contributed by atoms with Crippen molar-refractivity contribution in [2.45, 2.75) is 0 Å². The van der Waals surface area contributed by atoms with Gasteiger partial charge in [0.15, 0.2) is 0 Å². The highest BCUT2D eigenvalue weighted by Gasteiger charge is 2.17. The van der Waals surface area contributed by atoms with Crippen LogP contribution in [0.1, 0.15) is 0 Å². The van der Waals surface area contributed by atoms with Crippen molar-refractivity contribution in [3.8, 4) is 11.5 Å². The van der Waals surface area contributed by atoms with E-state index in [0.717, 1.165) is 32.7 Å². The van der Waals surface area contributed by atoms with Crippen LogP contribution in [0.15, 0.2) is 55.4 Å². The van der Waals surface area contributed by atoms with Crippen LogP contribution in [-0.4, -0.2) is 79.2 Å². The number of methoxy groups -OCH3 is 1. The highest BCUT2D eigenvalue weighted by Crippen LogP contribution is 2.38. The number of rotatable bonds is 11. The number of nitrogens with zero attached hydrogens (tertiary/aromatic N) is 4. The molecule has 0 unspecified atom stereocenters. The molecule has 0 bridgehead atoms. The van der Waals surface area contributed by atoms with E-state index in [4.69, 9.17) is 21.1 Å². The van der Waals surface area contributed by atoms with Crippen LogP contribution in [0.3, 0.4) is 0 Å².